The maximum atomic E-state index is 12.9. The summed E-state index contributed by atoms with van der Waals surface area (Å²) in [6, 6.07) is 16.6. The van der Waals surface area contributed by atoms with Gasteiger partial charge in [-0.3, -0.25) is 9.89 Å². The molecule has 1 aromatic carbocycles. The van der Waals surface area contributed by atoms with Crippen LogP contribution in [-0.4, -0.2) is 43.5 Å². The van der Waals surface area contributed by atoms with Crippen LogP contribution in [0.2, 0.25) is 0 Å². The van der Waals surface area contributed by atoms with E-state index in [9.17, 15) is 4.79 Å². The highest BCUT2D eigenvalue weighted by molar-refractivity contribution is 5.93. The summed E-state index contributed by atoms with van der Waals surface area (Å²) >= 11 is 0. The van der Waals surface area contributed by atoms with E-state index < -0.39 is 0 Å². The number of benzene rings is 1. The van der Waals surface area contributed by atoms with Gasteiger partial charge in [-0.1, -0.05) is 30.3 Å². The van der Waals surface area contributed by atoms with Crippen LogP contribution in [-0.2, 0) is 6.42 Å². The largest absolute Gasteiger partial charge is 0.337 e. The number of piperidine rings is 1. The van der Waals surface area contributed by atoms with E-state index in [0.29, 0.717) is 11.6 Å². The number of pyridine rings is 1. The molecule has 6 nitrogen and oxygen atoms in total. The second-order valence-corrected chi connectivity index (χ2v) is 8.14. The van der Waals surface area contributed by atoms with Gasteiger partial charge in [0.1, 0.15) is 11.3 Å². The molecule has 0 radical (unpaired) electrons. The fraction of sp³-hybridized carbons (Fsp3) is 0.292. The number of fused-ring (bicyclic) bond motifs is 1. The van der Waals surface area contributed by atoms with Crippen molar-refractivity contribution in [3.05, 3.63) is 89.1 Å². The van der Waals surface area contributed by atoms with E-state index in [1.54, 1.807) is 0 Å². The van der Waals surface area contributed by atoms with Gasteiger partial charge in [-0.25, -0.2) is 4.98 Å². The molecule has 152 valence electrons. The van der Waals surface area contributed by atoms with Crippen molar-refractivity contribution >= 4 is 11.6 Å². The highest BCUT2D eigenvalue weighted by Crippen LogP contribution is 2.28. The van der Waals surface area contributed by atoms with E-state index in [1.807, 2.05) is 46.8 Å². The number of nitrogens with one attached hydrogen (secondary N) is 1. The molecule has 4 aromatic rings. The lowest BCUT2D eigenvalue weighted by atomic mass is 9.93. The molecule has 30 heavy (non-hydrogen) atoms. The van der Waals surface area contributed by atoms with Crippen molar-refractivity contribution in [2.75, 3.05) is 13.1 Å². The van der Waals surface area contributed by atoms with Gasteiger partial charge in [-0.2, -0.15) is 5.10 Å². The normalized spacial score (nSPS) is 15.0. The van der Waals surface area contributed by atoms with Gasteiger partial charge in [0.2, 0.25) is 0 Å². The molecule has 0 atom stereocenters. The molecular formula is C24H25N5O. The van der Waals surface area contributed by atoms with Gasteiger partial charge in [0.25, 0.3) is 5.91 Å². The van der Waals surface area contributed by atoms with Crippen LogP contribution in [0.3, 0.4) is 0 Å². The lowest BCUT2D eigenvalue weighted by Gasteiger charge is -2.30. The quantitative estimate of drug-likeness (QED) is 0.565. The van der Waals surface area contributed by atoms with E-state index in [-0.39, 0.29) is 5.91 Å². The Morgan fingerprint density at radius 3 is 2.73 bits per heavy atom. The van der Waals surface area contributed by atoms with Gasteiger partial charge in [0, 0.05) is 43.5 Å². The first-order valence-electron chi connectivity index (χ1n) is 10.5. The zero-order chi connectivity index (χ0) is 20.5. The summed E-state index contributed by atoms with van der Waals surface area (Å²) in [4.78, 5) is 19.4. The first kappa shape index (κ1) is 18.6. The van der Waals surface area contributed by atoms with E-state index in [2.05, 4.69) is 45.5 Å². The lowest BCUT2D eigenvalue weighted by Crippen LogP contribution is -2.38. The molecule has 1 aliphatic heterocycles. The van der Waals surface area contributed by atoms with E-state index >= 15 is 0 Å². The summed E-state index contributed by atoms with van der Waals surface area (Å²) in [5.74, 6) is 0.403. The number of imidazole rings is 1. The molecule has 0 aliphatic carbocycles. The number of hydrogen-bond donors (Lipinski definition) is 1. The summed E-state index contributed by atoms with van der Waals surface area (Å²) < 4.78 is 1.91. The SMILES string of the molecule is Cc1ccn2cc(C(=O)N3CCC(c4cc(Cc5ccccc5)[nH]n4)CC3)nc2c1. The number of aryl methyl sites for hydroxylation is 1. The number of nitrogens with zero attached hydrogens (tertiary/aromatic N) is 4. The molecule has 0 saturated carbocycles. The first-order valence-corrected chi connectivity index (χ1v) is 10.5. The molecule has 1 aliphatic rings. The predicted molar refractivity (Wildman–Crippen MR) is 116 cm³/mol. The van der Waals surface area contributed by atoms with Crippen molar-refractivity contribution in [2.45, 2.75) is 32.1 Å². The van der Waals surface area contributed by atoms with Crippen LogP contribution in [0.15, 0.2) is 60.9 Å². The Bertz CT molecular complexity index is 1170. The van der Waals surface area contributed by atoms with Crippen LogP contribution in [0.4, 0.5) is 0 Å². The summed E-state index contributed by atoms with van der Waals surface area (Å²) in [7, 11) is 0. The molecule has 0 spiro atoms. The van der Waals surface area contributed by atoms with Crippen molar-refractivity contribution in [3.8, 4) is 0 Å². The molecule has 5 rings (SSSR count). The number of rotatable bonds is 4. The molecule has 3 aromatic heterocycles. The molecule has 0 unspecified atom stereocenters. The topological polar surface area (TPSA) is 66.3 Å². The van der Waals surface area contributed by atoms with Crippen LogP contribution < -0.4 is 0 Å². The fourth-order valence-corrected chi connectivity index (χ4v) is 4.22. The van der Waals surface area contributed by atoms with Crippen LogP contribution >= 0.6 is 0 Å². The number of aromatic nitrogens is 4. The number of H-pyrrole nitrogens is 1. The summed E-state index contributed by atoms with van der Waals surface area (Å²) in [5.41, 5.74) is 5.99. The van der Waals surface area contributed by atoms with Crippen LogP contribution in [0.25, 0.3) is 5.65 Å². The van der Waals surface area contributed by atoms with Gasteiger partial charge in [-0.15, -0.1) is 0 Å². The second kappa shape index (κ2) is 7.78. The Hall–Kier alpha value is -3.41. The van der Waals surface area contributed by atoms with Crippen molar-refractivity contribution in [1.82, 2.24) is 24.5 Å². The number of likely N-dealkylation sites (tertiary alicyclic amines) is 1. The maximum absolute atomic E-state index is 12.9. The number of carbonyl (C=O) groups is 1. The Balaban J connectivity index is 1.22. The Morgan fingerprint density at radius 1 is 1.13 bits per heavy atom. The summed E-state index contributed by atoms with van der Waals surface area (Å²) in [6.07, 6.45) is 6.48. The minimum Gasteiger partial charge on any atom is -0.337 e. The molecule has 6 heteroatoms. The molecule has 4 heterocycles. The van der Waals surface area contributed by atoms with Crippen molar-refractivity contribution in [3.63, 3.8) is 0 Å². The van der Waals surface area contributed by atoms with E-state index in [1.165, 1.54) is 5.56 Å². The summed E-state index contributed by atoms with van der Waals surface area (Å²) in [5, 5.41) is 7.74. The second-order valence-electron chi connectivity index (χ2n) is 8.14. The van der Waals surface area contributed by atoms with Crippen LogP contribution in [0.5, 0.6) is 0 Å². The molecule has 1 amide bonds. The monoisotopic (exact) mass is 399 g/mol. The maximum Gasteiger partial charge on any atom is 0.274 e. The fourth-order valence-electron chi connectivity index (χ4n) is 4.22. The molecule has 1 saturated heterocycles. The van der Waals surface area contributed by atoms with Gasteiger partial charge in [-0.05, 0) is 49.1 Å². The molecule has 1 fully saturated rings. The Morgan fingerprint density at radius 2 is 1.93 bits per heavy atom. The zero-order valence-electron chi connectivity index (χ0n) is 17.1. The van der Waals surface area contributed by atoms with E-state index in [4.69, 9.17) is 0 Å². The van der Waals surface area contributed by atoms with Crippen molar-refractivity contribution in [2.24, 2.45) is 0 Å². The minimum atomic E-state index is 0.0154. The van der Waals surface area contributed by atoms with Crippen LogP contribution in [0, 0.1) is 6.92 Å². The predicted octanol–water partition coefficient (Wildman–Crippen LogP) is 3.98. The van der Waals surface area contributed by atoms with Gasteiger partial charge in [0.15, 0.2) is 0 Å². The highest BCUT2D eigenvalue weighted by atomic mass is 16.2. The average Bonchev–Trinajstić information content (AvgIpc) is 3.41. The lowest BCUT2D eigenvalue weighted by molar-refractivity contribution is 0.0707. The van der Waals surface area contributed by atoms with E-state index in [0.717, 1.165) is 55.0 Å². The smallest absolute Gasteiger partial charge is 0.274 e. The van der Waals surface area contributed by atoms with Gasteiger partial charge in [0.05, 0.1) is 5.69 Å². The number of aromatic amines is 1. The third-order valence-corrected chi connectivity index (χ3v) is 5.92. The number of amides is 1. The van der Waals surface area contributed by atoms with Crippen molar-refractivity contribution < 1.29 is 4.79 Å². The van der Waals surface area contributed by atoms with Gasteiger partial charge >= 0.3 is 0 Å². The van der Waals surface area contributed by atoms with Crippen molar-refractivity contribution in [1.29, 1.82) is 0 Å². The average molecular weight is 399 g/mol. The number of carbonyl (C=O) groups excluding carboxylic acids is 1. The Kier molecular flexibility index (Phi) is 4.83. The van der Waals surface area contributed by atoms with Gasteiger partial charge < -0.3 is 9.30 Å². The molecule has 1 N–H and O–H groups in total. The number of hydrogen-bond acceptors (Lipinski definition) is 3. The zero-order valence-corrected chi connectivity index (χ0v) is 17.1. The third kappa shape index (κ3) is 3.73. The first-order chi connectivity index (χ1) is 14.7. The summed E-state index contributed by atoms with van der Waals surface area (Å²) in [6.45, 7) is 3.50. The molecule has 0 bridgehead atoms. The Labute approximate surface area is 175 Å². The minimum absolute atomic E-state index is 0.0154. The molecular weight excluding hydrogens is 374 g/mol. The highest BCUT2D eigenvalue weighted by Gasteiger charge is 2.27. The van der Waals surface area contributed by atoms with Crippen LogP contribution in [0.1, 0.15) is 51.8 Å². The standard InChI is InChI=1S/C24H25N5O/c1-17-7-10-29-16-22(25-23(29)13-17)24(30)28-11-8-19(9-12-28)21-15-20(26-27-21)14-18-5-3-2-4-6-18/h2-7,10,13,15-16,19H,8-9,11-12,14H2,1H3,(H,26,27). The third-order valence-electron chi connectivity index (χ3n) is 5.92.